The molecule has 0 aliphatic rings. The number of carbonyl (C=O) groups is 1. The highest BCUT2D eigenvalue weighted by atomic mass is 127. The summed E-state index contributed by atoms with van der Waals surface area (Å²) in [7, 11) is 6.25. The van der Waals surface area contributed by atoms with E-state index >= 15 is 0 Å². The van der Waals surface area contributed by atoms with Crippen LogP contribution in [0, 0.1) is 0 Å². The van der Waals surface area contributed by atoms with Crippen molar-refractivity contribution < 1.29 is 14.0 Å². The molecule has 0 radical (unpaired) electrons. The maximum absolute atomic E-state index is 11.1. The van der Waals surface area contributed by atoms with E-state index in [1.54, 1.807) is 0 Å². The summed E-state index contributed by atoms with van der Waals surface area (Å²) in [5.74, 6) is -0.0647. The largest absolute Gasteiger partial charge is 0.460 e. The van der Waals surface area contributed by atoms with Gasteiger partial charge in [-0.25, -0.2) is 0 Å². The summed E-state index contributed by atoms with van der Waals surface area (Å²) in [6, 6.07) is 0. The predicted octanol–water partition coefficient (Wildman–Crippen LogP) is 1.45. The maximum Gasteiger partial charge on any atom is 0.306 e. The quantitative estimate of drug-likeness (QED) is 0.321. The van der Waals surface area contributed by atoms with E-state index in [9.17, 15) is 4.79 Å². The van der Waals surface area contributed by atoms with Crippen LogP contribution in [0.25, 0.3) is 0 Å². The van der Waals surface area contributed by atoms with Crippen LogP contribution in [0.2, 0.25) is 0 Å². The number of quaternary nitrogens is 1. The molecule has 0 amide bonds. The molecule has 0 spiro atoms. The normalized spacial score (nSPS) is 11.4. The van der Waals surface area contributed by atoms with Crippen molar-refractivity contribution >= 4 is 28.6 Å². The average Bonchev–Trinajstić information content (AvgIpc) is 1.98. The Morgan fingerprint density at radius 3 is 2.46 bits per heavy atom. The lowest BCUT2D eigenvalue weighted by Gasteiger charge is -2.23. The summed E-state index contributed by atoms with van der Waals surface area (Å²) in [5, 5.41) is 0. The molecule has 0 rings (SSSR count). The minimum Gasteiger partial charge on any atom is -0.460 e. The molecule has 4 heteroatoms. The van der Waals surface area contributed by atoms with Crippen LogP contribution in [0.3, 0.4) is 0 Å². The van der Waals surface area contributed by atoms with E-state index in [1.165, 1.54) is 0 Å². The highest BCUT2D eigenvalue weighted by Gasteiger charge is 2.08. The lowest BCUT2D eigenvalue weighted by molar-refractivity contribution is -0.870. The Kier molecular flexibility index (Phi) is 6.67. The number of ether oxygens (including phenoxy) is 1. The van der Waals surface area contributed by atoms with Gasteiger partial charge in [0.2, 0.25) is 0 Å². The number of likely N-dealkylation sites (N-methyl/N-ethyl adjacent to an activating group) is 1. The molecule has 0 atom stereocenters. The minimum atomic E-state index is -0.0647. The molecule has 0 bridgehead atoms. The molecule has 0 aliphatic carbocycles. The average molecular weight is 300 g/mol. The molecule has 0 saturated carbocycles. The van der Waals surface area contributed by atoms with Gasteiger partial charge in [-0.15, -0.1) is 0 Å². The zero-order valence-corrected chi connectivity index (χ0v) is 10.8. The van der Waals surface area contributed by atoms with E-state index in [0.717, 1.165) is 21.9 Å². The van der Waals surface area contributed by atoms with E-state index in [0.29, 0.717) is 13.0 Å². The summed E-state index contributed by atoms with van der Waals surface area (Å²) in [6.45, 7) is 1.40. The molecule has 3 nitrogen and oxygen atoms in total. The molecule has 0 fully saturated rings. The van der Waals surface area contributed by atoms with Crippen molar-refractivity contribution in [3.8, 4) is 0 Å². The Morgan fingerprint density at radius 1 is 1.38 bits per heavy atom. The fraction of sp³-hybridized carbons (Fsp3) is 0.889. The molecule has 13 heavy (non-hydrogen) atoms. The van der Waals surface area contributed by atoms with Crippen LogP contribution in [-0.2, 0) is 9.53 Å². The highest BCUT2D eigenvalue weighted by Crippen LogP contribution is 1.97. The molecule has 0 aromatic rings. The fourth-order valence-corrected chi connectivity index (χ4v) is 1.10. The molecule has 0 unspecified atom stereocenters. The Morgan fingerprint density at radius 2 is 2.00 bits per heavy atom. The van der Waals surface area contributed by atoms with Crippen LogP contribution in [0.1, 0.15) is 12.8 Å². The Bertz CT molecular complexity index is 154. The molecule has 0 heterocycles. The minimum absolute atomic E-state index is 0.0647. The topological polar surface area (TPSA) is 26.3 Å². The molecule has 0 aromatic heterocycles. The van der Waals surface area contributed by atoms with Crippen LogP contribution >= 0.6 is 22.6 Å². The standard InChI is InChI=1S/C9H19INO2/c1-11(2,3)7-8-13-9(12)5-4-6-10/h4-8H2,1-3H3/q+1. The van der Waals surface area contributed by atoms with Crippen LogP contribution in [-0.4, -0.2) is 49.2 Å². The molecule has 0 aromatic carbocycles. The molecule has 0 N–H and O–H groups in total. The van der Waals surface area contributed by atoms with E-state index in [2.05, 4.69) is 43.7 Å². The molecular weight excluding hydrogens is 281 g/mol. The molecular formula is C9H19INO2+. The van der Waals surface area contributed by atoms with Crippen LogP contribution in [0.5, 0.6) is 0 Å². The third-order valence-corrected chi connectivity index (χ3v) is 2.30. The monoisotopic (exact) mass is 300 g/mol. The first-order valence-corrected chi connectivity index (χ1v) is 6.00. The fourth-order valence-electron chi connectivity index (χ4n) is 0.717. The van der Waals surface area contributed by atoms with Crippen molar-refractivity contribution in [1.29, 1.82) is 0 Å². The maximum atomic E-state index is 11.1. The van der Waals surface area contributed by atoms with E-state index in [1.807, 2.05) is 0 Å². The van der Waals surface area contributed by atoms with Gasteiger partial charge in [0.15, 0.2) is 0 Å². The molecule has 0 saturated heterocycles. The predicted molar refractivity (Wildman–Crippen MR) is 62.0 cm³/mol. The van der Waals surface area contributed by atoms with Gasteiger partial charge in [0, 0.05) is 10.8 Å². The number of rotatable bonds is 6. The Labute approximate surface area is 94.2 Å². The highest BCUT2D eigenvalue weighted by molar-refractivity contribution is 14.1. The van der Waals surface area contributed by atoms with Crippen LogP contribution < -0.4 is 0 Å². The third kappa shape index (κ3) is 10.1. The van der Waals surface area contributed by atoms with Crippen LogP contribution in [0.15, 0.2) is 0 Å². The van der Waals surface area contributed by atoms with E-state index < -0.39 is 0 Å². The molecule has 78 valence electrons. The lowest BCUT2D eigenvalue weighted by atomic mass is 10.3. The smallest absolute Gasteiger partial charge is 0.306 e. The zero-order valence-electron chi connectivity index (χ0n) is 8.68. The number of hydrogen-bond acceptors (Lipinski definition) is 2. The van der Waals surface area contributed by atoms with Gasteiger partial charge >= 0.3 is 5.97 Å². The summed E-state index contributed by atoms with van der Waals surface area (Å²) in [4.78, 5) is 11.1. The van der Waals surface area contributed by atoms with Crippen molar-refractivity contribution in [1.82, 2.24) is 0 Å². The van der Waals surface area contributed by atoms with Gasteiger partial charge in [-0.3, -0.25) is 4.79 Å². The molecule has 0 aliphatic heterocycles. The van der Waals surface area contributed by atoms with Gasteiger partial charge in [0.1, 0.15) is 13.2 Å². The van der Waals surface area contributed by atoms with E-state index in [4.69, 9.17) is 4.74 Å². The van der Waals surface area contributed by atoms with E-state index in [-0.39, 0.29) is 5.97 Å². The van der Waals surface area contributed by atoms with Gasteiger partial charge in [-0.1, -0.05) is 22.6 Å². The van der Waals surface area contributed by atoms with Crippen molar-refractivity contribution in [2.24, 2.45) is 0 Å². The van der Waals surface area contributed by atoms with Gasteiger partial charge in [-0.2, -0.15) is 0 Å². The number of hydrogen-bond donors (Lipinski definition) is 0. The van der Waals surface area contributed by atoms with Crippen LogP contribution in [0.4, 0.5) is 0 Å². The second kappa shape index (κ2) is 6.59. The second-order valence-corrected chi connectivity index (χ2v) is 5.11. The third-order valence-electron chi connectivity index (χ3n) is 1.54. The number of carbonyl (C=O) groups excluding carboxylic acids is 1. The number of esters is 1. The summed E-state index contributed by atoms with van der Waals surface area (Å²) in [6.07, 6.45) is 1.48. The summed E-state index contributed by atoms with van der Waals surface area (Å²) >= 11 is 2.26. The van der Waals surface area contributed by atoms with Crippen molar-refractivity contribution in [2.75, 3.05) is 38.7 Å². The van der Waals surface area contributed by atoms with Crippen molar-refractivity contribution in [3.63, 3.8) is 0 Å². The SMILES string of the molecule is C[N+](C)(C)CCOC(=O)CCCI. The zero-order chi connectivity index (χ0) is 10.3. The second-order valence-electron chi connectivity index (χ2n) is 4.03. The first-order chi connectivity index (χ1) is 5.95. The van der Waals surface area contributed by atoms with Gasteiger partial charge in [0.25, 0.3) is 0 Å². The summed E-state index contributed by atoms with van der Waals surface area (Å²) < 4.78 is 6.91. The first kappa shape index (κ1) is 13.2. The van der Waals surface area contributed by atoms with Gasteiger partial charge in [-0.05, 0) is 6.42 Å². The lowest BCUT2D eigenvalue weighted by Crippen LogP contribution is -2.38. The number of alkyl halides is 1. The van der Waals surface area contributed by atoms with Gasteiger partial charge in [0.05, 0.1) is 21.1 Å². The first-order valence-electron chi connectivity index (χ1n) is 4.48. The summed E-state index contributed by atoms with van der Waals surface area (Å²) in [5.41, 5.74) is 0. The number of nitrogens with zero attached hydrogens (tertiary/aromatic N) is 1. The van der Waals surface area contributed by atoms with Crippen molar-refractivity contribution in [2.45, 2.75) is 12.8 Å². The van der Waals surface area contributed by atoms with Crippen molar-refractivity contribution in [3.05, 3.63) is 0 Å². The number of halogens is 1. The van der Waals surface area contributed by atoms with Gasteiger partial charge < -0.3 is 9.22 Å². The Balaban J connectivity index is 3.37. The Hall–Kier alpha value is 0.160.